The summed E-state index contributed by atoms with van der Waals surface area (Å²) < 4.78 is 7.00. The van der Waals surface area contributed by atoms with Crippen molar-refractivity contribution in [3.63, 3.8) is 0 Å². The van der Waals surface area contributed by atoms with Crippen LogP contribution in [0.15, 0.2) is 71.5 Å². The number of urea groups is 1. The van der Waals surface area contributed by atoms with Gasteiger partial charge in [-0.05, 0) is 72.2 Å². The van der Waals surface area contributed by atoms with Crippen LogP contribution in [0.25, 0.3) is 16.6 Å². The van der Waals surface area contributed by atoms with Crippen LogP contribution in [0, 0.1) is 0 Å². The second-order valence-electron chi connectivity index (χ2n) is 11.0. The van der Waals surface area contributed by atoms with Crippen molar-refractivity contribution in [3.8, 4) is 11.4 Å². The normalized spacial score (nSPS) is 12.1. The minimum Gasteiger partial charge on any atom is -0.497 e. The first kappa shape index (κ1) is 29.8. The van der Waals surface area contributed by atoms with Crippen molar-refractivity contribution in [1.29, 1.82) is 0 Å². The zero-order valence-corrected chi connectivity index (χ0v) is 25.3. The maximum atomic E-state index is 14.2. The molecule has 0 saturated heterocycles. The van der Waals surface area contributed by atoms with Gasteiger partial charge in [-0.25, -0.2) is 9.78 Å². The van der Waals surface area contributed by atoms with Gasteiger partial charge in [0, 0.05) is 12.2 Å². The molecule has 4 rings (SSSR count). The number of benzene rings is 3. The molecule has 0 bridgehead atoms. The van der Waals surface area contributed by atoms with E-state index < -0.39 is 6.04 Å². The molecule has 216 valence electrons. The fourth-order valence-corrected chi connectivity index (χ4v) is 5.41. The fraction of sp³-hybridized carbons (Fsp3) is 0.382. The molecule has 4 aromatic rings. The summed E-state index contributed by atoms with van der Waals surface area (Å²) in [6.45, 7) is 13.2. The molecule has 3 aromatic carbocycles. The third-order valence-electron chi connectivity index (χ3n) is 7.52. The van der Waals surface area contributed by atoms with Crippen molar-refractivity contribution < 1.29 is 9.53 Å². The van der Waals surface area contributed by atoms with Crippen LogP contribution >= 0.6 is 0 Å². The number of hydrogen-bond donors (Lipinski definition) is 1. The number of carbonyl (C=O) groups is 1. The highest BCUT2D eigenvalue weighted by atomic mass is 16.5. The Kier molecular flexibility index (Phi) is 9.48. The van der Waals surface area contributed by atoms with E-state index in [4.69, 9.17) is 9.72 Å². The Morgan fingerprint density at radius 2 is 1.56 bits per heavy atom. The predicted octanol–water partition coefficient (Wildman–Crippen LogP) is 8.04. The van der Waals surface area contributed by atoms with Crippen molar-refractivity contribution in [1.82, 2.24) is 14.5 Å². The zero-order valence-electron chi connectivity index (χ0n) is 25.3. The maximum Gasteiger partial charge on any atom is 0.322 e. The Hall–Kier alpha value is -4.13. The highest BCUT2D eigenvalue weighted by molar-refractivity contribution is 5.92. The van der Waals surface area contributed by atoms with Gasteiger partial charge in [-0.15, -0.1) is 0 Å². The first-order valence-electron chi connectivity index (χ1n) is 14.6. The van der Waals surface area contributed by atoms with Gasteiger partial charge in [-0.1, -0.05) is 71.9 Å². The number of ether oxygens (including phenoxy) is 1. The Balaban J connectivity index is 1.87. The Morgan fingerprint density at radius 1 is 0.927 bits per heavy atom. The first-order chi connectivity index (χ1) is 19.7. The summed E-state index contributed by atoms with van der Waals surface area (Å²) in [4.78, 5) is 35.0. The number of anilines is 1. The van der Waals surface area contributed by atoms with Crippen LogP contribution in [0.3, 0.4) is 0 Å². The molecule has 0 spiro atoms. The summed E-state index contributed by atoms with van der Waals surface area (Å²) in [5.41, 5.74) is 4.20. The van der Waals surface area contributed by atoms with Crippen molar-refractivity contribution >= 4 is 22.6 Å². The van der Waals surface area contributed by atoms with Crippen LogP contribution in [0.1, 0.15) is 89.2 Å². The summed E-state index contributed by atoms with van der Waals surface area (Å²) in [6, 6.07) is 20.3. The number of fused-ring (bicyclic) bond motifs is 1. The molecule has 0 aliphatic carbocycles. The molecule has 1 atom stereocenters. The predicted molar refractivity (Wildman–Crippen MR) is 168 cm³/mol. The van der Waals surface area contributed by atoms with Gasteiger partial charge in [0.1, 0.15) is 11.6 Å². The molecule has 0 aliphatic rings. The van der Waals surface area contributed by atoms with E-state index >= 15 is 0 Å². The summed E-state index contributed by atoms with van der Waals surface area (Å²) in [5.74, 6) is 1.72. The largest absolute Gasteiger partial charge is 0.497 e. The van der Waals surface area contributed by atoms with Gasteiger partial charge in [0.2, 0.25) is 0 Å². The number of amides is 2. The molecule has 2 amide bonds. The second kappa shape index (κ2) is 13.0. The number of hydrogen-bond acceptors (Lipinski definition) is 4. The van der Waals surface area contributed by atoms with Gasteiger partial charge in [0.05, 0.1) is 29.7 Å². The number of nitrogens with zero attached hydrogens (tertiary/aromatic N) is 3. The number of nitrogens with one attached hydrogen (secondary N) is 1. The summed E-state index contributed by atoms with van der Waals surface area (Å²) in [5, 5.41) is 3.82. The molecule has 0 saturated carbocycles. The van der Waals surface area contributed by atoms with E-state index in [9.17, 15) is 9.59 Å². The van der Waals surface area contributed by atoms with E-state index in [-0.39, 0.29) is 23.4 Å². The molecule has 7 heteroatoms. The van der Waals surface area contributed by atoms with E-state index in [0.717, 1.165) is 23.2 Å². The van der Waals surface area contributed by atoms with Gasteiger partial charge in [0.25, 0.3) is 5.56 Å². The molecule has 0 fully saturated rings. The van der Waals surface area contributed by atoms with Crippen LogP contribution < -0.4 is 15.6 Å². The lowest BCUT2D eigenvalue weighted by Crippen LogP contribution is -2.41. The van der Waals surface area contributed by atoms with E-state index in [0.29, 0.717) is 41.1 Å². The fourth-order valence-electron chi connectivity index (χ4n) is 5.41. The van der Waals surface area contributed by atoms with E-state index in [1.165, 1.54) is 0 Å². The lowest BCUT2D eigenvalue weighted by atomic mass is 9.92. The SMILES string of the molecule is CCCN(C(=O)Nc1c(C(C)C)cccc1C(C)C)C(CC)c1nc2ccccc2c(=O)n1-c1ccc(OC)cc1. The third kappa shape index (κ3) is 6.14. The molecule has 1 aromatic heterocycles. The van der Waals surface area contributed by atoms with Crippen molar-refractivity contribution in [2.24, 2.45) is 0 Å². The average Bonchev–Trinajstić information content (AvgIpc) is 2.97. The lowest BCUT2D eigenvalue weighted by Gasteiger charge is -2.33. The summed E-state index contributed by atoms with van der Waals surface area (Å²) in [7, 11) is 1.61. The molecular formula is C34H42N4O3. The molecule has 0 radical (unpaired) electrons. The number of carbonyl (C=O) groups excluding carboxylic acids is 1. The number of aromatic nitrogens is 2. The Labute approximate surface area is 243 Å². The van der Waals surface area contributed by atoms with Crippen LogP contribution in [0.4, 0.5) is 10.5 Å². The van der Waals surface area contributed by atoms with Gasteiger partial charge in [0.15, 0.2) is 0 Å². The quantitative estimate of drug-likeness (QED) is 0.215. The standard InChI is InChI=1S/C34H42N4O3/c1-8-21-37(34(40)36-31-26(22(3)4)14-12-15-27(31)23(5)6)30(9-2)32-35-29-16-11-10-13-28(29)33(39)38(32)24-17-19-25(41-7)20-18-24/h10-20,22-23,30H,8-9,21H2,1-7H3,(H,36,40). The van der Waals surface area contributed by atoms with Crippen LogP contribution in [-0.4, -0.2) is 34.1 Å². The molecule has 41 heavy (non-hydrogen) atoms. The first-order valence-corrected chi connectivity index (χ1v) is 14.6. The minimum absolute atomic E-state index is 0.168. The van der Waals surface area contributed by atoms with Gasteiger partial charge >= 0.3 is 6.03 Å². The highest BCUT2D eigenvalue weighted by Gasteiger charge is 2.30. The van der Waals surface area contributed by atoms with Gasteiger partial charge in [-0.2, -0.15) is 0 Å². The molecule has 0 aliphatic heterocycles. The van der Waals surface area contributed by atoms with Crippen LogP contribution in [0.5, 0.6) is 5.75 Å². The summed E-state index contributed by atoms with van der Waals surface area (Å²) in [6.07, 6.45) is 1.34. The molecule has 1 unspecified atom stereocenters. The topological polar surface area (TPSA) is 76.5 Å². The summed E-state index contributed by atoms with van der Waals surface area (Å²) >= 11 is 0. The number of methoxy groups -OCH3 is 1. The third-order valence-corrected chi connectivity index (χ3v) is 7.52. The van der Waals surface area contributed by atoms with Gasteiger partial charge in [-0.3, -0.25) is 9.36 Å². The molecule has 1 heterocycles. The van der Waals surface area contributed by atoms with Crippen molar-refractivity contribution in [2.45, 2.75) is 72.3 Å². The second-order valence-corrected chi connectivity index (χ2v) is 11.0. The van der Waals surface area contributed by atoms with E-state index in [1.807, 2.05) is 54.3 Å². The monoisotopic (exact) mass is 554 g/mol. The van der Waals surface area contributed by atoms with E-state index in [1.54, 1.807) is 17.7 Å². The molecule has 1 N–H and O–H groups in total. The lowest BCUT2D eigenvalue weighted by molar-refractivity contribution is 0.181. The smallest absolute Gasteiger partial charge is 0.322 e. The van der Waals surface area contributed by atoms with Crippen LogP contribution in [-0.2, 0) is 0 Å². The highest BCUT2D eigenvalue weighted by Crippen LogP contribution is 2.34. The number of rotatable bonds is 10. The molecule has 7 nitrogen and oxygen atoms in total. The minimum atomic E-state index is -0.442. The van der Waals surface area contributed by atoms with Gasteiger partial charge < -0.3 is 15.0 Å². The Bertz CT molecular complexity index is 1530. The average molecular weight is 555 g/mol. The maximum absolute atomic E-state index is 14.2. The Morgan fingerprint density at radius 3 is 2.12 bits per heavy atom. The number of para-hydroxylation sites is 2. The van der Waals surface area contributed by atoms with Crippen LogP contribution in [0.2, 0.25) is 0 Å². The molecular weight excluding hydrogens is 512 g/mol. The van der Waals surface area contributed by atoms with Crippen molar-refractivity contribution in [2.75, 3.05) is 19.0 Å². The zero-order chi connectivity index (χ0) is 29.7. The van der Waals surface area contributed by atoms with E-state index in [2.05, 4.69) is 58.1 Å². The van der Waals surface area contributed by atoms with Crippen molar-refractivity contribution in [3.05, 3.63) is 94.0 Å².